The van der Waals surface area contributed by atoms with E-state index >= 15 is 0 Å². The van der Waals surface area contributed by atoms with Crippen molar-refractivity contribution in [1.82, 2.24) is 9.68 Å². The minimum absolute atomic E-state index is 0.178. The molecule has 2 rings (SSSR count). The first-order chi connectivity index (χ1) is 16.7. The van der Waals surface area contributed by atoms with Crippen LogP contribution in [0, 0.1) is 0 Å². The zero-order valence-electron chi connectivity index (χ0n) is 19.3. The fourth-order valence-corrected chi connectivity index (χ4v) is 5.41. The molecule has 0 saturated carbocycles. The molecule has 0 spiro atoms. The quantitative estimate of drug-likeness (QED) is 0.125. The number of benzene rings is 2. The summed E-state index contributed by atoms with van der Waals surface area (Å²) in [6, 6.07) is 14.5. The lowest BCUT2D eigenvalue weighted by atomic mass is 10.1. The van der Waals surface area contributed by atoms with E-state index in [1.165, 1.54) is 4.90 Å². The van der Waals surface area contributed by atoms with Crippen LogP contribution in [0.2, 0.25) is 0 Å². The SMILES string of the molecule is COc1ccc(/C=N/N(C)[P+](=S)Oc2ccc(CC(C)N(C[P+](=O)OO)C[P+](=O)OO)cc2)cc1. The molecule has 4 unspecified atom stereocenters. The van der Waals surface area contributed by atoms with Crippen LogP contribution in [0.1, 0.15) is 18.1 Å². The molecule has 0 bridgehead atoms. The van der Waals surface area contributed by atoms with E-state index < -0.39 is 23.1 Å². The molecule has 188 valence electrons. The summed E-state index contributed by atoms with van der Waals surface area (Å²) in [6.45, 7) is 1.82. The Balaban J connectivity index is 1.94. The van der Waals surface area contributed by atoms with E-state index in [1.54, 1.807) is 37.3 Å². The Morgan fingerprint density at radius 2 is 1.54 bits per heavy atom. The Labute approximate surface area is 211 Å². The molecule has 0 aliphatic rings. The van der Waals surface area contributed by atoms with Crippen LogP contribution < -0.4 is 9.26 Å². The van der Waals surface area contributed by atoms with Gasteiger partial charge in [-0.1, -0.05) is 16.9 Å². The van der Waals surface area contributed by atoms with Crippen LogP contribution in [0.3, 0.4) is 0 Å². The van der Waals surface area contributed by atoms with Gasteiger partial charge >= 0.3 is 23.1 Å². The van der Waals surface area contributed by atoms with Gasteiger partial charge in [0.2, 0.25) is 24.4 Å². The molecule has 0 saturated heterocycles. The number of ether oxygens (including phenoxy) is 1. The molecular weight excluding hydrogens is 535 g/mol. The first-order valence-electron chi connectivity index (χ1n) is 10.2. The standard InChI is InChI=1S/C20H25N3O8P3S/c1-16(23(14-32(26)30-24)15-33(27)31-25)12-17-4-10-20(11-5-17)29-34(35)22(2)21-13-18-6-8-19(28-3)9-7-18/h4-11,13,16H,12,14-15H2,1-3H3/q+1/p+2/b21-13+. The van der Waals surface area contributed by atoms with Crippen molar-refractivity contribution in [1.29, 1.82) is 0 Å². The highest BCUT2D eigenvalue weighted by Crippen LogP contribution is 2.32. The molecule has 0 amide bonds. The van der Waals surface area contributed by atoms with E-state index in [1.807, 2.05) is 43.3 Å². The van der Waals surface area contributed by atoms with Crippen molar-refractivity contribution >= 4 is 41.2 Å². The number of hydrogen-bond donors (Lipinski definition) is 2. The van der Waals surface area contributed by atoms with Gasteiger partial charge in [-0.3, -0.25) is 4.52 Å². The second kappa shape index (κ2) is 15.2. The van der Waals surface area contributed by atoms with E-state index in [4.69, 9.17) is 31.6 Å². The first kappa shape index (κ1) is 29.3. The van der Waals surface area contributed by atoms with Gasteiger partial charge in [0, 0.05) is 15.4 Å². The molecule has 4 atom stereocenters. The summed E-state index contributed by atoms with van der Waals surface area (Å²) in [5, 5.41) is 21.5. The third-order valence-electron chi connectivity index (χ3n) is 4.76. The number of methoxy groups -OCH3 is 1. The van der Waals surface area contributed by atoms with Gasteiger partial charge in [0.25, 0.3) is 0 Å². The maximum absolute atomic E-state index is 11.6. The van der Waals surface area contributed by atoms with Gasteiger partial charge in [0.1, 0.15) is 5.75 Å². The summed E-state index contributed by atoms with van der Waals surface area (Å²) in [7, 11) is -2.87. The lowest BCUT2D eigenvalue weighted by Crippen LogP contribution is -2.34. The summed E-state index contributed by atoms with van der Waals surface area (Å²) >= 11 is 5.45. The van der Waals surface area contributed by atoms with Crippen molar-refractivity contribution in [3.05, 3.63) is 59.7 Å². The van der Waals surface area contributed by atoms with Gasteiger partial charge < -0.3 is 4.74 Å². The molecule has 0 aromatic heterocycles. The van der Waals surface area contributed by atoms with Crippen molar-refractivity contribution in [2.75, 3.05) is 26.7 Å². The largest absolute Gasteiger partial charge is 0.555 e. The zero-order chi connectivity index (χ0) is 25.8. The third-order valence-corrected chi connectivity index (χ3v) is 8.19. The maximum atomic E-state index is 11.6. The van der Waals surface area contributed by atoms with Gasteiger partial charge in [-0.05, 0) is 70.0 Å². The van der Waals surface area contributed by atoms with Gasteiger partial charge in [-0.25, -0.2) is 15.4 Å². The summed E-state index contributed by atoms with van der Waals surface area (Å²) < 4.78 is 43.4. The van der Waals surface area contributed by atoms with Crippen LogP contribution in [0.15, 0.2) is 53.6 Å². The number of hydrazone groups is 1. The van der Waals surface area contributed by atoms with Gasteiger partial charge in [-0.15, -0.1) is 5.10 Å². The zero-order valence-corrected chi connectivity index (χ0v) is 22.8. The lowest BCUT2D eigenvalue weighted by molar-refractivity contribution is -0.133. The molecule has 0 fully saturated rings. The Morgan fingerprint density at radius 1 is 1.00 bits per heavy atom. The Morgan fingerprint density at radius 3 is 2.06 bits per heavy atom. The summed E-state index contributed by atoms with van der Waals surface area (Å²) in [4.78, 5) is 1.53. The fourth-order valence-electron chi connectivity index (χ4n) is 2.86. The highest BCUT2D eigenvalue weighted by atomic mass is 32.4. The van der Waals surface area contributed by atoms with Gasteiger partial charge in [0.05, 0.1) is 20.4 Å². The molecule has 2 aromatic carbocycles. The van der Waals surface area contributed by atoms with E-state index in [9.17, 15) is 9.13 Å². The van der Waals surface area contributed by atoms with E-state index in [0.717, 1.165) is 16.9 Å². The molecule has 2 N–H and O–H groups in total. The highest BCUT2D eigenvalue weighted by Gasteiger charge is 2.34. The van der Waals surface area contributed by atoms with E-state index in [-0.39, 0.29) is 18.6 Å². The molecule has 0 aliphatic carbocycles. The van der Waals surface area contributed by atoms with Gasteiger partial charge in [-0.2, -0.15) is 0 Å². The predicted octanol–water partition coefficient (Wildman–Crippen LogP) is 5.43. The second-order valence-electron chi connectivity index (χ2n) is 7.23. The number of nitrogens with zero attached hydrogens (tertiary/aromatic N) is 3. The van der Waals surface area contributed by atoms with Crippen molar-refractivity contribution in [3.8, 4) is 11.5 Å². The van der Waals surface area contributed by atoms with Crippen LogP contribution in [0.5, 0.6) is 11.5 Å². The normalized spacial score (nSPS) is 13.5. The van der Waals surface area contributed by atoms with Crippen LogP contribution in [-0.2, 0) is 36.7 Å². The summed E-state index contributed by atoms with van der Waals surface area (Å²) in [5.74, 6) is 1.35. The third kappa shape index (κ3) is 10.3. The van der Waals surface area contributed by atoms with Crippen molar-refractivity contribution < 1.29 is 38.3 Å². The average molecular weight is 562 g/mol. The minimum Gasteiger partial charge on any atom is -0.497 e. The predicted molar refractivity (Wildman–Crippen MR) is 137 cm³/mol. The smallest absolute Gasteiger partial charge is 0.497 e. The number of hydrogen-bond acceptors (Lipinski definition) is 11. The first-order valence-corrected chi connectivity index (χ1v) is 15.1. The summed E-state index contributed by atoms with van der Waals surface area (Å²) in [6.07, 6.45) is 1.83. The monoisotopic (exact) mass is 562 g/mol. The van der Waals surface area contributed by atoms with Crippen LogP contribution in [0.4, 0.5) is 0 Å². The highest BCUT2D eigenvalue weighted by molar-refractivity contribution is 8.02. The topological polar surface area (TPSA) is 130 Å². The molecule has 2 aromatic rings. The van der Waals surface area contributed by atoms with Crippen molar-refractivity contribution in [2.24, 2.45) is 5.10 Å². The van der Waals surface area contributed by atoms with Crippen LogP contribution in [-0.4, -0.2) is 59.2 Å². The molecule has 0 aliphatic heterocycles. The Kier molecular flexibility index (Phi) is 12.7. The van der Waals surface area contributed by atoms with E-state index in [0.29, 0.717) is 12.2 Å². The Bertz CT molecular complexity index is 1010. The molecule has 15 heteroatoms. The van der Waals surface area contributed by atoms with Crippen LogP contribution in [0.25, 0.3) is 0 Å². The minimum atomic E-state index is -2.39. The molecule has 0 heterocycles. The number of rotatable bonds is 15. The second-order valence-corrected chi connectivity index (χ2v) is 11.6. The molecule has 0 radical (unpaired) electrons. The molecule has 11 nitrogen and oxygen atoms in total. The van der Waals surface area contributed by atoms with Gasteiger partial charge in [0.15, 0.2) is 5.75 Å². The van der Waals surface area contributed by atoms with Crippen LogP contribution >= 0.6 is 23.1 Å². The van der Waals surface area contributed by atoms with Crippen molar-refractivity contribution in [3.63, 3.8) is 0 Å². The lowest BCUT2D eigenvalue weighted by Gasteiger charge is -2.20. The Hall–Kier alpha value is -1.97. The molecular formula is C20H27N3O8P3S+3. The molecule has 35 heavy (non-hydrogen) atoms. The average Bonchev–Trinajstić information content (AvgIpc) is 2.87. The van der Waals surface area contributed by atoms with Crippen molar-refractivity contribution in [2.45, 2.75) is 19.4 Å². The fraction of sp³-hybridized carbons (Fsp3) is 0.350. The van der Waals surface area contributed by atoms with E-state index in [2.05, 4.69) is 14.5 Å². The maximum Gasteiger partial charge on any atom is 0.555 e. The summed E-state index contributed by atoms with van der Waals surface area (Å²) in [5.41, 5.74) is 1.82.